The molecule has 1 atom stereocenters. The molecule has 6 heteroatoms. The van der Waals surface area contributed by atoms with Crippen LogP contribution in [0.1, 0.15) is 63.1 Å². The van der Waals surface area contributed by atoms with Crippen LogP contribution in [-0.4, -0.2) is 34.8 Å². The van der Waals surface area contributed by atoms with E-state index < -0.39 is 0 Å². The largest absolute Gasteiger partial charge is 0.511 e. The Bertz CT molecular complexity index is 997. The molecule has 1 aliphatic heterocycles. The van der Waals surface area contributed by atoms with Gasteiger partial charge in [-0.3, -0.25) is 9.79 Å². The number of nitrogens with zero attached hydrogens (tertiary/aromatic N) is 2. The van der Waals surface area contributed by atoms with Crippen LogP contribution in [0.3, 0.4) is 0 Å². The Morgan fingerprint density at radius 2 is 1.76 bits per heavy atom. The minimum absolute atomic E-state index is 0.0652. The Hall–Kier alpha value is -2.79. The number of amidine groups is 1. The van der Waals surface area contributed by atoms with E-state index in [2.05, 4.69) is 55.3 Å². The number of aliphatic imine (C=N–C) groups is 1. The summed E-state index contributed by atoms with van der Waals surface area (Å²) >= 11 is 5.98. The minimum atomic E-state index is -0.353. The van der Waals surface area contributed by atoms with Crippen LogP contribution in [0.5, 0.6) is 0 Å². The van der Waals surface area contributed by atoms with Gasteiger partial charge in [-0.1, -0.05) is 68.1 Å². The van der Waals surface area contributed by atoms with Crippen molar-refractivity contribution < 1.29 is 9.90 Å². The molecule has 0 spiro atoms. The van der Waals surface area contributed by atoms with Crippen LogP contribution in [0, 0.1) is 6.92 Å². The summed E-state index contributed by atoms with van der Waals surface area (Å²) in [7, 11) is 0. The Labute approximate surface area is 202 Å². The second-order valence-electron chi connectivity index (χ2n) is 8.52. The molecular weight excluding hydrogens is 434 g/mol. The number of hydrogen-bond acceptors (Lipinski definition) is 3. The number of aryl methyl sites for hydroxylation is 1. The first kappa shape index (κ1) is 24.8. The number of carbonyl (C=O) groups is 1. The summed E-state index contributed by atoms with van der Waals surface area (Å²) in [5.41, 5.74) is 3.19. The molecule has 0 saturated heterocycles. The van der Waals surface area contributed by atoms with Gasteiger partial charge in [0.2, 0.25) is 0 Å². The van der Waals surface area contributed by atoms with E-state index >= 15 is 0 Å². The maximum absolute atomic E-state index is 13.3. The Balaban J connectivity index is 2.01. The minimum Gasteiger partial charge on any atom is -0.511 e. The van der Waals surface area contributed by atoms with Crippen molar-refractivity contribution in [2.24, 2.45) is 4.99 Å². The molecule has 5 nitrogen and oxygen atoms in total. The molecule has 2 N–H and O–H groups in total. The normalized spacial score (nSPS) is 17.5. The molecule has 0 radical (unpaired) electrons. The molecule has 2 aromatic rings. The van der Waals surface area contributed by atoms with E-state index in [0.717, 1.165) is 37.8 Å². The molecule has 176 valence electrons. The molecule has 0 aromatic heterocycles. The Kier molecular flexibility index (Phi) is 8.95. The average molecular weight is 468 g/mol. The van der Waals surface area contributed by atoms with E-state index in [1.807, 2.05) is 0 Å². The average Bonchev–Trinajstić information content (AvgIpc) is 2.80. The fraction of sp³-hybridized carbons (Fsp3) is 0.407. The van der Waals surface area contributed by atoms with Gasteiger partial charge in [-0.15, -0.1) is 0 Å². The highest BCUT2D eigenvalue weighted by Gasteiger charge is 2.36. The number of nitrogens with one attached hydrogen (secondary N) is 1. The highest BCUT2D eigenvalue weighted by Crippen LogP contribution is 2.35. The molecule has 0 saturated carbocycles. The summed E-state index contributed by atoms with van der Waals surface area (Å²) in [4.78, 5) is 20.4. The van der Waals surface area contributed by atoms with E-state index in [4.69, 9.17) is 16.6 Å². The van der Waals surface area contributed by atoms with Crippen LogP contribution in [0.25, 0.3) is 0 Å². The SMILES string of the molecule is CCCCN=C1C(C(=O)Nc2ccc(Cl)cc2)=C(O)CC(c2ccc(C)cc2)N1CCCC. The molecule has 0 fully saturated rings. The lowest BCUT2D eigenvalue weighted by Crippen LogP contribution is -2.44. The molecule has 1 aliphatic rings. The highest BCUT2D eigenvalue weighted by molar-refractivity contribution is 6.30. The van der Waals surface area contributed by atoms with Crippen molar-refractivity contribution in [3.8, 4) is 0 Å². The first-order valence-electron chi connectivity index (χ1n) is 11.8. The standard InChI is InChI=1S/C27H34ClN3O2/c1-4-6-16-29-26-25(27(33)30-22-14-12-21(28)13-15-22)24(32)18-23(31(26)17-7-5-2)20-10-8-19(3)9-11-20/h8-15,23,32H,4-7,16-18H2,1-3H3,(H,30,33). The van der Waals surface area contributed by atoms with Crippen LogP contribution in [-0.2, 0) is 4.79 Å². The van der Waals surface area contributed by atoms with Gasteiger partial charge < -0.3 is 15.3 Å². The number of carbonyl (C=O) groups excluding carboxylic acids is 1. The molecule has 1 heterocycles. The quantitative estimate of drug-likeness (QED) is 0.396. The van der Waals surface area contributed by atoms with Crippen molar-refractivity contribution in [1.82, 2.24) is 4.90 Å². The third-order valence-corrected chi connectivity index (χ3v) is 6.12. The smallest absolute Gasteiger partial charge is 0.262 e. The van der Waals surface area contributed by atoms with Gasteiger partial charge in [-0.2, -0.15) is 0 Å². The number of hydrogen-bond donors (Lipinski definition) is 2. The zero-order valence-electron chi connectivity index (χ0n) is 19.8. The van der Waals surface area contributed by atoms with Crippen LogP contribution in [0.2, 0.25) is 5.02 Å². The number of anilines is 1. The fourth-order valence-electron chi connectivity index (χ4n) is 3.96. The van der Waals surface area contributed by atoms with Crippen molar-refractivity contribution in [3.63, 3.8) is 0 Å². The van der Waals surface area contributed by atoms with Crippen molar-refractivity contribution in [3.05, 3.63) is 76.0 Å². The summed E-state index contributed by atoms with van der Waals surface area (Å²) in [6, 6.07) is 15.3. The van der Waals surface area contributed by atoms with Crippen molar-refractivity contribution in [2.75, 3.05) is 18.4 Å². The second-order valence-corrected chi connectivity index (χ2v) is 8.96. The van der Waals surface area contributed by atoms with Gasteiger partial charge in [0.1, 0.15) is 17.2 Å². The molecule has 33 heavy (non-hydrogen) atoms. The van der Waals surface area contributed by atoms with Gasteiger partial charge in [0.05, 0.1) is 6.04 Å². The zero-order chi connectivity index (χ0) is 23.8. The molecule has 0 bridgehead atoms. The fourth-order valence-corrected chi connectivity index (χ4v) is 4.09. The summed E-state index contributed by atoms with van der Waals surface area (Å²) < 4.78 is 0. The van der Waals surface area contributed by atoms with Crippen LogP contribution >= 0.6 is 11.6 Å². The number of unbranched alkanes of at least 4 members (excludes halogenated alkanes) is 2. The number of aliphatic hydroxyl groups is 1. The van der Waals surface area contributed by atoms with Gasteiger partial charge >= 0.3 is 0 Å². The van der Waals surface area contributed by atoms with Crippen molar-refractivity contribution in [1.29, 1.82) is 0 Å². The predicted octanol–water partition coefficient (Wildman–Crippen LogP) is 6.84. The van der Waals surface area contributed by atoms with E-state index in [0.29, 0.717) is 29.5 Å². The Morgan fingerprint density at radius 1 is 1.09 bits per heavy atom. The predicted molar refractivity (Wildman–Crippen MR) is 137 cm³/mol. The summed E-state index contributed by atoms with van der Waals surface area (Å²) in [5.74, 6) is 0.307. The topological polar surface area (TPSA) is 64.9 Å². The summed E-state index contributed by atoms with van der Waals surface area (Å²) in [6.07, 6.45) is 4.30. The van der Waals surface area contributed by atoms with Crippen LogP contribution in [0.15, 0.2) is 64.9 Å². The number of benzene rings is 2. The zero-order valence-corrected chi connectivity index (χ0v) is 20.5. The molecular formula is C27H34ClN3O2. The van der Waals surface area contributed by atoms with Crippen molar-refractivity contribution >= 4 is 29.0 Å². The van der Waals surface area contributed by atoms with Gasteiger partial charge in [-0.05, 0) is 49.6 Å². The first-order chi connectivity index (χ1) is 15.9. The van der Waals surface area contributed by atoms with Crippen LogP contribution in [0.4, 0.5) is 5.69 Å². The van der Waals surface area contributed by atoms with Crippen LogP contribution < -0.4 is 5.32 Å². The third-order valence-electron chi connectivity index (χ3n) is 5.86. The van der Waals surface area contributed by atoms with Gasteiger partial charge in [-0.25, -0.2) is 0 Å². The number of aliphatic hydroxyl groups excluding tert-OH is 1. The molecule has 3 rings (SSSR count). The molecule has 2 aromatic carbocycles. The lowest BCUT2D eigenvalue weighted by Gasteiger charge is -2.39. The maximum Gasteiger partial charge on any atom is 0.262 e. The molecule has 0 aliphatic carbocycles. The number of rotatable bonds is 9. The first-order valence-corrected chi connectivity index (χ1v) is 12.2. The lowest BCUT2D eigenvalue weighted by atomic mass is 9.92. The maximum atomic E-state index is 13.3. The van der Waals surface area contributed by atoms with Gasteiger partial charge in [0, 0.05) is 30.2 Å². The third kappa shape index (κ3) is 6.38. The van der Waals surface area contributed by atoms with Gasteiger partial charge in [0.25, 0.3) is 5.91 Å². The summed E-state index contributed by atoms with van der Waals surface area (Å²) in [5, 5.41) is 14.6. The second kappa shape index (κ2) is 11.9. The lowest BCUT2D eigenvalue weighted by molar-refractivity contribution is -0.112. The van der Waals surface area contributed by atoms with E-state index in [9.17, 15) is 9.90 Å². The monoisotopic (exact) mass is 467 g/mol. The van der Waals surface area contributed by atoms with E-state index in [1.54, 1.807) is 24.3 Å². The molecule has 1 amide bonds. The number of amides is 1. The Morgan fingerprint density at radius 3 is 2.39 bits per heavy atom. The molecule has 1 unspecified atom stereocenters. The van der Waals surface area contributed by atoms with Gasteiger partial charge in [0.15, 0.2) is 0 Å². The van der Waals surface area contributed by atoms with Crippen molar-refractivity contribution in [2.45, 2.75) is 58.9 Å². The van der Waals surface area contributed by atoms with E-state index in [-0.39, 0.29) is 23.3 Å². The highest BCUT2D eigenvalue weighted by atomic mass is 35.5. The van der Waals surface area contributed by atoms with E-state index in [1.165, 1.54) is 5.56 Å². The summed E-state index contributed by atoms with van der Waals surface area (Å²) in [6.45, 7) is 7.71. The number of halogens is 1.